The Bertz CT molecular complexity index is 1130. The quantitative estimate of drug-likeness (QED) is 0.230. The van der Waals surface area contributed by atoms with Crippen LogP contribution in [0.5, 0.6) is 0 Å². The van der Waals surface area contributed by atoms with Crippen LogP contribution in [0, 0.1) is 0 Å². The zero-order chi connectivity index (χ0) is 27.5. The summed E-state index contributed by atoms with van der Waals surface area (Å²) in [4.78, 5) is 15.0. The summed E-state index contributed by atoms with van der Waals surface area (Å²) >= 11 is 0. The molecule has 0 fully saturated rings. The van der Waals surface area contributed by atoms with Gasteiger partial charge in [-0.2, -0.15) is 0 Å². The van der Waals surface area contributed by atoms with Gasteiger partial charge in [-0.1, -0.05) is 65.0 Å². The number of alkyl halides is 2. The predicted octanol–water partition coefficient (Wildman–Crippen LogP) is 7.39. The number of allylic oxidation sites excluding steroid dienone is 5. The second kappa shape index (κ2) is 14.5. The molecule has 202 valence electrons. The van der Waals surface area contributed by atoms with Gasteiger partial charge in [-0.15, -0.1) is 0 Å². The molecule has 1 aliphatic carbocycles. The monoisotopic (exact) mass is 522 g/mol. The van der Waals surface area contributed by atoms with Crippen LogP contribution in [0.25, 0.3) is 6.08 Å². The Morgan fingerprint density at radius 1 is 1.17 bits per heavy atom. The molecule has 0 spiro atoms. The average molecular weight is 523 g/mol. The molecule has 1 aromatic heterocycles. The molecule has 36 heavy (non-hydrogen) atoms. The van der Waals surface area contributed by atoms with Crippen LogP contribution in [-0.4, -0.2) is 32.5 Å². The van der Waals surface area contributed by atoms with Crippen molar-refractivity contribution < 1.29 is 13.0 Å². The van der Waals surface area contributed by atoms with Crippen molar-refractivity contribution in [2.75, 3.05) is 13.1 Å². The van der Waals surface area contributed by atoms with Crippen molar-refractivity contribution in [3.05, 3.63) is 74.1 Å². The van der Waals surface area contributed by atoms with Gasteiger partial charge < -0.3 is 4.98 Å². The van der Waals surface area contributed by atoms with E-state index in [1.165, 1.54) is 0 Å². The Balaban J connectivity index is 0.00000316. The summed E-state index contributed by atoms with van der Waals surface area (Å²) in [7, 11) is -2.64. The molecule has 1 heterocycles. The maximum Gasteiger partial charge on any atom is 0.271 e. The molecule has 2 rings (SSSR count). The molecule has 0 saturated heterocycles. The molecule has 4 nitrogen and oxygen atoms in total. The van der Waals surface area contributed by atoms with Crippen molar-refractivity contribution >= 4 is 21.7 Å². The van der Waals surface area contributed by atoms with Gasteiger partial charge in [0.1, 0.15) is 0 Å². The lowest BCUT2D eigenvalue weighted by molar-refractivity contribution is 0.0169. The Hall–Kier alpha value is -2.25. The summed E-state index contributed by atoms with van der Waals surface area (Å²) in [5, 5.41) is 0. The standard InChI is InChI=1S/C27H38F2N2O2S.C2H6/c1-7-10-21(12-11-20(4)34(6,33)31(15-8-2)16-9-3)17-22-13-14-25-23(18-22)24(27(5,28)29)19-26(32)30-25;1-2/h10-12,18-19H,4,6-9,13-17H2,1-3,5H3,(H,30,32);1-2H3/b12-11-,21-10+;. The first-order valence-corrected chi connectivity index (χ1v) is 14.6. The van der Waals surface area contributed by atoms with Gasteiger partial charge in [0.25, 0.3) is 5.92 Å². The topological polar surface area (TPSA) is 53.2 Å². The van der Waals surface area contributed by atoms with Gasteiger partial charge in [0.2, 0.25) is 5.56 Å². The summed E-state index contributed by atoms with van der Waals surface area (Å²) in [5.41, 5.74) is 2.23. The van der Waals surface area contributed by atoms with Gasteiger partial charge >= 0.3 is 0 Å². The van der Waals surface area contributed by atoms with Crippen molar-refractivity contribution in [3.63, 3.8) is 0 Å². The SMILES string of the molecule is C=C(/C=C\C(=C/CC)CC1=Cc2c(C(C)(F)F)cc(=O)[nH]c2CC1)S(=C)(=O)N(CCC)CCC.CC. The molecule has 0 saturated carbocycles. The molecule has 0 bridgehead atoms. The Kier molecular flexibility index (Phi) is 12.8. The third-order valence-electron chi connectivity index (χ3n) is 5.84. The van der Waals surface area contributed by atoms with Crippen LogP contribution in [0.1, 0.15) is 90.5 Å². The van der Waals surface area contributed by atoms with Crippen LogP contribution < -0.4 is 5.56 Å². The molecule has 1 aliphatic rings. The minimum atomic E-state index is -3.10. The molecule has 1 N–H and O–H groups in total. The third-order valence-corrected chi connectivity index (χ3v) is 7.99. The highest BCUT2D eigenvalue weighted by Gasteiger charge is 2.30. The molecule has 1 atom stereocenters. The molecule has 0 aliphatic heterocycles. The number of fused-ring (bicyclic) bond motifs is 1. The van der Waals surface area contributed by atoms with E-state index in [1.807, 2.05) is 45.0 Å². The van der Waals surface area contributed by atoms with E-state index in [4.69, 9.17) is 0 Å². The number of aryl methyl sites for hydroxylation is 1. The normalized spacial score (nSPS) is 15.7. The molecular formula is C29H44F2N2O2S. The summed E-state index contributed by atoms with van der Waals surface area (Å²) < 4.78 is 43.6. The lowest BCUT2D eigenvalue weighted by Gasteiger charge is -2.25. The number of H-pyrrole nitrogens is 1. The maximum absolute atomic E-state index is 14.2. The number of rotatable bonds is 12. The van der Waals surface area contributed by atoms with Crippen LogP contribution in [0.15, 0.2) is 51.7 Å². The minimum absolute atomic E-state index is 0.239. The fraction of sp³-hybridized carbons (Fsp3) is 0.517. The number of hydrogen-bond acceptors (Lipinski definition) is 2. The van der Waals surface area contributed by atoms with Gasteiger partial charge in [-0.25, -0.2) is 17.3 Å². The first-order valence-electron chi connectivity index (χ1n) is 13.0. The van der Waals surface area contributed by atoms with Crippen molar-refractivity contribution in [2.24, 2.45) is 0 Å². The number of halogens is 2. The Morgan fingerprint density at radius 3 is 2.31 bits per heavy atom. The summed E-state index contributed by atoms with van der Waals surface area (Å²) in [6, 6.07) is 0.994. The molecule has 7 heteroatoms. The van der Waals surface area contributed by atoms with E-state index in [9.17, 15) is 17.8 Å². The fourth-order valence-corrected chi connectivity index (χ4v) is 5.72. The highest BCUT2D eigenvalue weighted by molar-refractivity contribution is 8.01. The number of aromatic amines is 1. The second-order valence-corrected chi connectivity index (χ2v) is 11.2. The lowest BCUT2D eigenvalue weighted by Crippen LogP contribution is -2.32. The Labute approximate surface area is 217 Å². The van der Waals surface area contributed by atoms with Crippen molar-refractivity contribution in [2.45, 2.75) is 86.0 Å². The van der Waals surface area contributed by atoms with E-state index in [1.54, 1.807) is 12.2 Å². The largest absolute Gasteiger partial charge is 0.326 e. The van der Waals surface area contributed by atoms with E-state index < -0.39 is 21.2 Å². The zero-order valence-electron chi connectivity index (χ0n) is 22.9. The summed E-state index contributed by atoms with van der Waals surface area (Å²) in [5.74, 6) is 0.881. The number of nitrogens with zero attached hydrogens (tertiary/aromatic N) is 1. The summed E-state index contributed by atoms with van der Waals surface area (Å²) in [6.07, 6.45) is 11.9. The fourth-order valence-electron chi connectivity index (χ4n) is 4.15. The molecule has 0 amide bonds. The molecule has 1 unspecified atom stereocenters. The average Bonchev–Trinajstić information content (AvgIpc) is 2.82. The van der Waals surface area contributed by atoms with Crippen LogP contribution in [0.2, 0.25) is 0 Å². The van der Waals surface area contributed by atoms with Gasteiger partial charge in [0.05, 0.1) is 9.71 Å². The van der Waals surface area contributed by atoms with E-state index >= 15 is 0 Å². The highest BCUT2D eigenvalue weighted by atomic mass is 32.2. The van der Waals surface area contributed by atoms with Gasteiger partial charge in [-0.05, 0) is 56.0 Å². The van der Waals surface area contributed by atoms with E-state index in [0.717, 1.165) is 43.4 Å². The number of nitrogens with one attached hydrogen (secondary N) is 1. The zero-order valence-corrected chi connectivity index (χ0v) is 23.7. The number of hydrogen-bond donors (Lipinski definition) is 1. The third kappa shape index (κ3) is 8.70. The maximum atomic E-state index is 14.2. The Morgan fingerprint density at radius 2 is 1.78 bits per heavy atom. The predicted molar refractivity (Wildman–Crippen MR) is 153 cm³/mol. The first-order chi connectivity index (χ1) is 16.9. The molecule has 1 aromatic rings. The van der Waals surface area contributed by atoms with E-state index in [2.05, 4.69) is 23.5 Å². The second-order valence-electron chi connectivity index (χ2n) is 8.86. The van der Waals surface area contributed by atoms with Crippen LogP contribution in [0.4, 0.5) is 8.78 Å². The van der Waals surface area contributed by atoms with Crippen molar-refractivity contribution in [3.8, 4) is 0 Å². The minimum Gasteiger partial charge on any atom is -0.326 e. The molecule has 0 aromatic carbocycles. The molecule has 0 radical (unpaired) electrons. The summed E-state index contributed by atoms with van der Waals surface area (Å²) in [6.45, 7) is 16.4. The number of pyridine rings is 1. The van der Waals surface area contributed by atoms with Crippen LogP contribution in [-0.2, 0) is 22.1 Å². The van der Waals surface area contributed by atoms with E-state index in [0.29, 0.717) is 48.5 Å². The van der Waals surface area contributed by atoms with Crippen LogP contribution >= 0.6 is 0 Å². The smallest absolute Gasteiger partial charge is 0.271 e. The van der Waals surface area contributed by atoms with Crippen molar-refractivity contribution in [1.29, 1.82) is 0 Å². The van der Waals surface area contributed by atoms with Gasteiger partial charge in [-0.3, -0.25) is 4.79 Å². The van der Waals surface area contributed by atoms with Gasteiger partial charge in [0.15, 0.2) is 0 Å². The molecular weight excluding hydrogens is 478 g/mol. The van der Waals surface area contributed by atoms with E-state index in [-0.39, 0.29) is 5.56 Å². The van der Waals surface area contributed by atoms with Crippen LogP contribution in [0.3, 0.4) is 0 Å². The number of aromatic nitrogens is 1. The van der Waals surface area contributed by atoms with Gasteiger partial charge in [0, 0.05) is 47.8 Å². The lowest BCUT2D eigenvalue weighted by atomic mass is 9.88. The van der Waals surface area contributed by atoms with Crippen molar-refractivity contribution in [1.82, 2.24) is 9.29 Å². The first kappa shape index (κ1) is 31.8. The highest BCUT2D eigenvalue weighted by Crippen LogP contribution is 2.35.